The number of carbonyl (C=O) groups is 1. The number of carbonyl (C=O) groups excluding carboxylic acids is 1. The van der Waals surface area contributed by atoms with Gasteiger partial charge in [0.05, 0.1) is 0 Å². The van der Waals surface area contributed by atoms with E-state index < -0.39 is 0 Å². The van der Waals surface area contributed by atoms with Gasteiger partial charge in [-0.3, -0.25) is 4.79 Å². The third kappa shape index (κ3) is 3.11. The maximum Gasteiger partial charge on any atom is 0.221 e. The Labute approximate surface area is 78.1 Å². The Hall–Kier alpha value is -1.57. The normalized spacial score (nSPS) is 11.3. The van der Waals surface area contributed by atoms with Gasteiger partial charge in [-0.2, -0.15) is 0 Å². The molecule has 2 heteroatoms. The zero-order valence-electron chi connectivity index (χ0n) is 7.66. The predicted molar refractivity (Wildman–Crippen MR) is 53.9 cm³/mol. The minimum absolute atomic E-state index is 0.296. The molecule has 0 aliphatic rings. The zero-order chi connectivity index (χ0) is 9.68. The largest absolute Gasteiger partial charge is 0.369 e. The van der Waals surface area contributed by atoms with Crippen molar-refractivity contribution in [1.29, 1.82) is 0 Å². The topological polar surface area (TPSA) is 43.1 Å². The summed E-state index contributed by atoms with van der Waals surface area (Å²) in [6, 6.07) is 9.92. The molecule has 13 heavy (non-hydrogen) atoms. The van der Waals surface area contributed by atoms with Crippen LogP contribution in [0.4, 0.5) is 0 Å². The molecule has 0 bridgehead atoms. The van der Waals surface area contributed by atoms with E-state index in [1.807, 2.05) is 43.3 Å². The average molecular weight is 175 g/mol. The fourth-order valence-corrected chi connectivity index (χ4v) is 1.07. The SMILES string of the molecule is CC(=CCC(N)=O)c1ccccc1. The van der Waals surface area contributed by atoms with Gasteiger partial charge in [-0.15, -0.1) is 0 Å². The molecule has 0 spiro atoms. The van der Waals surface area contributed by atoms with Crippen molar-refractivity contribution in [2.45, 2.75) is 13.3 Å². The van der Waals surface area contributed by atoms with Crippen LogP contribution in [0, 0.1) is 0 Å². The lowest BCUT2D eigenvalue weighted by Gasteiger charge is -1.99. The first-order chi connectivity index (χ1) is 6.20. The maximum atomic E-state index is 10.5. The predicted octanol–water partition coefficient (Wildman–Crippen LogP) is 1.97. The summed E-state index contributed by atoms with van der Waals surface area (Å²) in [7, 11) is 0. The van der Waals surface area contributed by atoms with Gasteiger partial charge in [0.25, 0.3) is 0 Å². The lowest BCUT2D eigenvalue weighted by molar-refractivity contribution is -0.117. The number of primary amides is 1. The van der Waals surface area contributed by atoms with Gasteiger partial charge < -0.3 is 5.73 Å². The van der Waals surface area contributed by atoms with Crippen molar-refractivity contribution in [3.63, 3.8) is 0 Å². The van der Waals surface area contributed by atoms with E-state index in [9.17, 15) is 4.79 Å². The fraction of sp³-hybridized carbons (Fsp3) is 0.182. The number of allylic oxidation sites excluding steroid dienone is 1. The Morgan fingerprint density at radius 3 is 2.54 bits per heavy atom. The molecular formula is C11H13NO. The molecular weight excluding hydrogens is 162 g/mol. The van der Waals surface area contributed by atoms with Gasteiger partial charge in [-0.05, 0) is 18.1 Å². The van der Waals surface area contributed by atoms with Crippen molar-refractivity contribution in [2.75, 3.05) is 0 Å². The van der Waals surface area contributed by atoms with E-state index in [1.165, 1.54) is 0 Å². The Morgan fingerprint density at radius 1 is 1.38 bits per heavy atom. The molecule has 1 amide bonds. The highest BCUT2D eigenvalue weighted by Gasteiger charge is 1.94. The highest BCUT2D eigenvalue weighted by Crippen LogP contribution is 2.12. The van der Waals surface area contributed by atoms with E-state index in [0.717, 1.165) is 11.1 Å². The van der Waals surface area contributed by atoms with Crippen LogP contribution < -0.4 is 5.73 Å². The molecule has 68 valence electrons. The zero-order valence-corrected chi connectivity index (χ0v) is 7.66. The second-order valence-electron chi connectivity index (χ2n) is 2.92. The second-order valence-corrected chi connectivity index (χ2v) is 2.92. The third-order valence-corrected chi connectivity index (χ3v) is 1.84. The van der Waals surface area contributed by atoms with Crippen LogP contribution in [0.1, 0.15) is 18.9 Å². The van der Waals surface area contributed by atoms with Crippen molar-refractivity contribution < 1.29 is 4.79 Å². The van der Waals surface area contributed by atoms with Crippen LogP contribution >= 0.6 is 0 Å². The van der Waals surface area contributed by atoms with Crippen molar-refractivity contribution in [3.05, 3.63) is 42.0 Å². The number of rotatable bonds is 3. The summed E-state index contributed by atoms with van der Waals surface area (Å²) in [6.45, 7) is 1.97. The molecule has 2 nitrogen and oxygen atoms in total. The van der Waals surface area contributed by atoms with Crippen LogP contribution in [0.25, 0.3) is 5.57 Å². The van der Waals surface area contributed by atoms with Crippen molar-refractivity contribution >= 4 is 11.5 Å². The van der Waals surface area contributed by atoms with E-state index in [4.69, 9.17) is 5.73 Å². The summed E-state index contributed by atoms with van der Waals surface area (Å²) in [4.78, 5) is 10.5. The first-order valence-electron chi connectivity index (χ1n) is 4.20. The van der Waals surface area contributed by atoms with Crippen LogP contribution in [-0.2, 0) is 4.79 Å². The molecule has 0 aliphatic heterocycles. The molecule has 0 unspecified atom stereocenters. The van der Waals surface area contributed by atoms with Crippen molar-refractivity contribution in [1.82, 2.24) is 0 Å². The van der Waals surface area contributed by atoms with Gasteiger partial charge in [0.15, 0.2) is 0 Å². The summed E-state index contributed by atoms with van der Waals surface area (Å²) < 4.78 is 0. The molecule has 0 aliphatic carbocycles. The maximum absolute atomic E-state index is 10.5. The molecule has 1 aromatic rings. The quantitative estimate of drug-likeness (QED) is 0.749. The van der Waals surface area contributed by atoms with Gasteiger partial charge in [-0.25, -0.2) is 0 Å². The Kier molecular flexibility index (Phi) is 3.26. The minimum Gasteiger partial charge on any atom is -0.369 e. The van der Waals surface area contributed by atoms with E-state index in [0.29, 0.717) is 6.42 Å². The number of amides is 1. The molecule has 0 radical (unpaired) electrons. The molecule has 0 heterocycles. The summed E-state index contributed by atoms with van der Waals surface area (Å²) in [5.41, 5.74) is 7.25. The molecule has 2 N–H and O–H groups in total. The highest BCUT2D eigenvalue weighted by atomic mass is 16.1. The summed E-state index contributed by atoms with van der Waals surface area (Å²) >= 11 is 0. The van der Waals surface area contributed by atoms with Crippen molar-refractivity contribution in [2.24, 2.45) is 5.73 Å². The summed E-state index contributed by atoms with van der Waals surface area (Å²) in [5, 5.41) is 0. The van der Waals surface area contributed by atoms with Crippen LogP contribution in [-0.4, -0.2) is 5.91 Å². The van der Waals surface area contributed by atoms with Crippen LogP contribution in [0.15, 0.2) is 36.4 Å². The van der Waals surface area contributed by atoms with E-state index in [-0.39, 0.29) is 5.91 Å². The Balaban J connectivity index is 2.73. The Bertz CT molecular complexity index is 314. The number of benzene rings is 1. The third-order valence-electron chi connectivity index (χ3n) is 1.84. The lowest BCUT2D eigenvalue weighted by atomic mass is 10.1. The van der Waals surface area contributed by atoms with E-state index in [1.54, 1.807) is 0 Å². The van der Waals surface area contributed by atoms with Crippen LogP contribution in [0.5, 0.6) is 0 Å². The van der Waals surface area contributed by atoms with Gasteiger partial charge in [0, 0.05) is 6.42 Å². The first-order valence-corrected chi connectivity index (χ1v) is 4.20. The van der Waals surface area contributed by atoms with Crippen LogP contribution in [0.2, 0.25) is 0 Å². The van der Waals surface area contributed by atoms with Crippen LogP contribution in [0.3, 0.4) is 0 Å². The molecule has 0 saturated heterocycles. The van der Waals surface area contributed by atoms with E-state index in [2.05, 4.69) is 0 Å². The van der Waals surface area contributed by atoms with E-state index >= 15 is 0 Å². The first kappa shape index (κ1) is 9.52. The fourth-order valence-electron chi connectivity index (χ4n) is 1.07. The number of nitrogens with two attached hydrogens (primary N) is 1. The van der Waals surface area contributed by atoms with Gasteiger partial charge in [0.2, 0.25) is 5.91 Å². The minimum atomic E-state index is -0.296. The van der Waals surface area contributed by atoms with Gasteiger partial charge >= 0.3 is 0 Å². The monoisotopic (exact) mass is 175 g/mol. The average Bonchev–Trinajstić information content (AvgIpc) is 2.15. The summed E-state index contributed by atoms with van der Waals surface area (Å²) in [6.07, 6.45) is 2.15. The molecule has 1 aromatic carbocycles. The molecule has 0 fully saturated rings. The van der Waals surface area contributed by atoms with Gasteiger partial charge in [0.1, 0.15) is 0 Å². The highest BCUT2D eigenvalue weighted by molar-refractivity contribution is 5.78. The summed E-state index contributed by atoms with van der Waals surface area (Å²) in [5.74, 6) is -0.296. The lowest BCUT2D eigenvalue weighted by Crippen LogP contribution is -2.08. The number of hydrogen-bond acceptors (Lipinski definition) is 1. The Morgan fingerprint density at radius 2 is 2.00 bits per heavy atom. The molecule has 1 rings (SSSR count). The van der Waals surface area contributed by atoms with Gasteiger partial charge in [-0.1, -0.05) is 36.4 Å². The molecule has 0 saturated carbocycles. The molecule has 0 atom stereocenters. The second kappa shape index (κ2) is 4.45. The molecule has 0 aromatic heterocycles. The standard InChI is InChI=1S/C11H13NO/c1-9(7-8-11(12)13)10-5-3-2-4-6-10/h2-7H,8H2,1H3,(H2,12,13). The number of hydrogen-bond donors (Lipinski definition) is 1. The smallest absolute Gasteiger partial charge is 0.221 e. The van der Waals surface area contributed by atoms with Crippen molar-refractivity contribution in [3.8, 4) is 0 Å².